The molecule has 37 heavy (non-hydrogen) atoms. The number of hydrogen-bond acceptors (Lipinski definition) is 6. The van der Waals surface area contributed by atoms with Gasteiger partial charge < -0.3 is 18.9 Å². The van der Waals surface area contributed by atoms with E-state index in [0.717, 1.165) is 15.8 Å². The first kappa shape index (κ1) is 24.3. The fourth-order valence-corrected chi connectivity index (χ4v) is 4.51. The molecule has 2 fully saturated rings. The van der Waals surface area contributed by atoms with Crippen LogP contribution in [-0.4, -0.2) is 66.1 Å². The van der Waals surface area contributed by atoms with Gasteiger partial charge in [0.2, 0.25) is 5.91 Å². The third-order valence-electron chi connectivity index (χ3n) is 6.28. The minimum Gasteiger partial charge on any atom is -0.494 e. The molecule has 1 N–H and O–H groups in total. The minimum atomic E-state index is -0.834. The van der Waals surface area contributed by atoms with Crippen LogP contribution >= 0.6 is 0 Å². The quantitative estimate of drug-likeness (QED) is 0.410. The summed E-state index contributed by atoms with van der Waals surface area (Å²) in [5.41, 5.74) is 1.47. The van der Waals surface area contributed by atoms with E-state index in [1.165, 1.54) is 6.08 Å². The summed E-state index contributed by atoms with van der Waals surface area (Å²) in [7, 11) is 0. The van der Waals surface area contributed by atoms with Crippen molar-refractivity contribution in [1.82, 2.24) is 14.8 Å². The second-order valence-electron chi connectivity index (χ2n) is 8.61. The summed E-state index contributed by atoms with van der Waals surface area (Å²) < 4.78 is 12.6. The first-order valence-corrected chi connectivity index (χ1v) is 12.0. The van der Waals surface area contributed by atoms with Crippen molar-refractivity contribution in [2.24, 2.45) is 0 Å². The lowest BCUT2D eigenvalue weighted by Crippen LogP contribution is -2.54. The highest BCUT2D eigenvalue weighted by molar-refractivity contribution is 6.39. The van der Waals surface area contributed by atoms with Crippen LogP contribution in [0.1, 0.15) is 12.5 Å². The largest absolute Gasteiger partial charge is 0.494 e. The Morgan fingerprint density at radius 2 is 1.86 bits per heavy atom. The van der Waals surface area contributed by atoms with Gasteiger partial charge in [-0.3, -0.25) is 19.7 Å². The molecule has 10 heteroatoms. The van der Waals surface area contributed by atoms with Crippen LogP contribution in [0.5, 0.6) is 5.75 Å². The van der Waals surface area contributed by atoms with E-state index in [9.17, 15) is 19.2 Å². The van der Waals surface area contributed by atoms with Crippen molar-refractivity contribution in [2.45, 2.75) is 13.5 Å². The number of carbonyl (C=O) groups excluding carboxylic acids is 4. The van der Waals surface area contributed by atoms with Crippen LogP contribution in [-0.2, 0) is 25.7 Å². The van der Waals surface area contributed by atoms with Crippen molar-refractivity contribution < 1.29 is 28.7 Å². The van der Waals surface area contributed by atoms with Crippen LogP contribution in [0.3, 0.4) is 0 Å². The highest BCUT2D eigenvalue weighted by Crippen LogP contribution is 2.28. The summed E-state index contributed by atoms with van der Waals surface area (Å²) in [6, 6.07) is 13.1. The molecule has 2 saturated heterocycles. The lowest BCUT2D eigenvalue weighted by molar-refractivity contribution is -0.135. The van der Waals surface area contributed by atoms with Gasteiger partial charge in [0, 0.05) is 41.8 Å². The molecule has 1 aromatic heterocycles. The average Bonchev–Trinajstić information content (AvgIpc) is 3.24. The number of aromatic nitrogens is 1. The number of imide groups is 2. The van der Waals surface area contributed by atoms with Gasteiger partial charge >= 0.3 is 6.03 Å². The van der Waals surface area contributed by atoms with E-state index < -0.39 is 17.8 Å². The molecule has 0 bridgehead atoms. The third kappa shape index (κ3) is 4.83. The molecule has 0 aliphatic carbocycles. The predicted molar refractivity (Wildman–Crippen MR) is 136 cm³/mol. The maximum absolute atomic E-state index is 13.4. The molecule has 5 amide bonds. The van der Waals surface area contributed by atoms with Gasteiger partial charge in [0.25, 0.3) is 11.8 Å². The fourth-order valence-electron chi connectivity index (χ4n) is 4.51. The summed E-state index contributed by atoms with van der Waals surface area (Å²) in [6.07, 6.45) is 3.20. The molecule has 10 nitrogen and oxygen atoms in total. The van der Waals surface area contributed by atoms with Crippen LogP contribution in [0.15, 0.2) is 60.3 Å². The fraction of sp³-hybridized carbons (Fsp3) is 0.259. The SMILES string of the molecule is CCOc1cccc(N2C(=O)NC(=O)/C(=C\c3cn(CC(=O)N4CCOCC4)c4ccccc34)C2=O)c1. The standard InChI is InChI=1S/C27H26N4O6/c1-2-37-20-7-5-6-19(15-20)31-26(34)22(25(33)28-27(31)35)14-18-16-30(23-9-4-3-8-21(18)23)17-24(32)29-10-12-36-13-11-29/h3-9,14-16H,2,10-13,17H2,1H3,(H,28,33,35)/b22-14+. The molecular formula is C27H26N4O6. The monoisotopic (exact) mass is 502 g/mol. The Morgan fingerprint density at radius 1 is 1.08 bits per heavy atom. The maximum Gasteiger partial charge on any atom is 0.335 e. The van der Waals surface area contributed by atoms with Gasteiger partial charge in [-0.1, -0.05) is 24.3 Å². The number of ether oxygens (including phenoxy) is 2. The Bertz CT molecular complexity index is 1420. The molecule has 190 valence electrons. The van der Waals surface area contributed by atoms with Gasteiger partial charge in [0.15, 0.2) is 0 Å². The van der Waals surface area contributed by atoms with Gasteiger partial charge in [-0.05, 0) is 31.2 Å². The molecule has 3 heterocycles. The van der Waals surface area contributed by atoms with E-state index in [0.29, 0.717) is 44.2 Å². The Hall–Kier alpha value is -4.44. The van der Waals surface area contributed by atoms with Crippen LogP contribution in [0.2, 0.25) is 0 Å². The highest BCUT2D eigenvalue weighted by atomic mass is 16.5. The summed E-state index contributed by atoms with van der Waals surface area (Å²) >= 11 is 0. The summed E-state index contributed by atoms with van der Waals surface area (Å²) in [5.74, 6) is -1.08. The van der Waals surface area contributed by atoms with E-state index in [1.807, 2.05) is 31.2 Å². The molecule has 0 spiro atoms. The second-order valence-corrected chi connectivity index (χ2v) is 8.61. The van der Waals surface area contributed by atoms with Crippen LogP contribution in [0.25, 0.3) is 17.0 Å². The summed E-state index contributed by atoms with van der Waals surface area (Å²) in [4.78, 5) is 54.3. The number of hydrogen-bond donors (Lipinski definition) is 1. The zero-order valence-corrected chi connectivity index (χ0v) is 20.3. The Balaban J connectivity index is 1.49. The third-order valence-corrected chi connectivity index (χ3v) is 6.28. The Kier molecular flexibility index (Phi) is 6.74. The van der Waals surface area contributed by atoms with Crippen molar-refractivity contribution >= 4 is 46.4 Å². The average molecular weight is 503 g/mol. The van der Waals surface area contributed by atoms with Gasteiger partial charge in [-0.2, -0.15) is 0 Å². The normalized spacial score (nSPS) is 17.4. The van der Waals surface area contributed by atoms with Gasteiger partial charge in [0.1, 0.15) is 17.9 Å². The van der Waals surface area contributed by atoms with Crippen molar-refractivity contribution in [3.05, 3.63) is 65.9 Å². The van der Waals surface area contributed by atoms with E-state index in [2.05, 4.69) is 5.32 Å². The molecule has 0 saturated carbocycles. The number of anilines is 1. The molecule has 0 unspecified atom stereocenters. The molecule has 5 rings (SSSR count). The number of nitrogens with zero attached hydrogens (tertiary/aromatic N) is 3. The lowest BCUT2D eigenvalue weighted by atomic mass is 10.1. The van der Waals surface area contributed by atoms with E-state index in [4.69, 9.17) is 9.47 Å². The smallest absolute Gasteiger partial charge is 0.335 e. The topological polar surface area (TPSA) is 110 Å². The first-order chi connectivity index (χ1) is 18.0. The van der Waals surface area contributed by atoms with Gasteiger partial charge in [-0.15, -0.1) is 0 Å². The van der Waals surface area contributed by atoms with E-state index >= 15 is 0 Å². The van der Waals surface area contributed by atoms with Crippen LogP contribution in [0.4, 0.5) is 10.5 Å². The van der Waals surface area contributed by atoms with Crippen molar-refractivity contribution in [1.29, 1.82) is 0 Å². The molecule has 2 aromatic carbocycles. The number of rotatable bonds is 6. The van der Waals surface area contributed by atoms with E-state index in [1.54, 1.807) is 39.9 Å². The lowest BCUT2D eigenvalue weighted by Gasteiger charge is -2.27. The number of barbiturate groups is 1. The van der Waals surface area contributed by atoms with Crippen LogP contribution in [0, 0.1) is 0 Å². The number of benzene rings is 2. The Labute approximate surface area is 213 Å². The van der Waals surface area contributed by atoms with Crippen LogP contribution < -0.4 is 15.0 Å². The first-order valence-electron chi connectivity index (χ1n) is 12.0. The second kappa shape index (κ2) is 10.3. The Morgan fingerprint density at radius 3 is 2.65 bits per heavy atom. The number of urea groups is 1. The molecule has 0 atom stereocenters. The molecule has 0 radical (unpaired) electrons. The zero-order chi connectivity index (χ0) is 25.9. The van der Waals surface area contributed by atoms with Gasteiger partial charge in [0.05, 0.1) is 25.5 Å². The molecule has 2 aliphatic rings. The summed E-state index contributed by atoms with van der Waals surface area (Å²) in [5, 5.41) is 3.02. The maximum atomic E-state index is 13.4. The molecular weight excluding hydrogens is 476 g/mol. The van der Waals surface area contributed by atoms with Crippen molar-refractivity contribution in [3.8, 4) is 5.75 Å². The number of morpholine rings is 1. The van der Waals surface area contributed by atoms with Gasteiger partial charge in [-0.25, -0.2) is 9.69 Å². The number of fused-ring (bicyclic) bond motifs is 1. The predicted octanol–water partition coefficient (Wildman–Crippen LogP) is 2.57. The number of amides is 5. The number of carbonyl (C=O) groups is 4. The summed E-state index contributed by atoms with van der Waals surface area (Å²) in [6.45, 7) is 4.46. The molecule has 3 aromatic rings. The van der Waals surface area contributed by atoms with Crippen molar-refractivity contribution in [2.75, 3.05) is 37.8 Å². The van der Waals surface area contributed by atoms with E-state index in [-0.39, 0.29) is 23.7 Å². The number of nitrogens with one attached hydrogen (secondary N) is 1. The number of para-hydroxylation sites is 1. The zero-order valence-electron chi connectivity index (χ0n) is 20.3. The highest BCUT2D eigenvalue weighted by Gasteiger charge is 2.37. The van der Waals surface area contributed by atoms with Crippen molar-refractivity contribution in [3.63, 3.8) is 0 Å². The minimum absolute atomic E-state index is 0.0410. The molecule has 2 aliphatic heterocycles.